The summed E-state index contributed by atoms with van der Waals surface area (Å²) in [5.41, 5.74) is 2.36. The molecule has 1 atom stereocenters. The number of rotatable bonds is 5. The summed E-state index contributed by atoms with van der Waals surface area (Å²) in [6.07, 6.45) is 2.28. The number of hydrogen-bond donors (Lipinski definition) is 1. The first-order chi connectivity index (χ1) is 11.4. The largest absolute Gasteiger partial charge is 0.344 e. The van der Waals surface area contributed by atoms with Gasteiger partial charge in [-0.3, -0.25) is 4.79 Å². The van der Waals surface area contributed by atoms with Crippen molar-refractivity contribution in [2.45, 2.75) is 37.1 Å². The van der Waals surface area contributed by atoms with Crippen molar-refractivity contribution in [3.8, 4) is 0 Å². The zero-order valence-corrected chi connectivity index (χ0v) is 15.6. The van der Waals surface area contributed by atoms with E-state index in [1.807, 2.05) is 18.2 Å². The maximum atomic E-state index is 12.5. The first-order valence-corrected chi connectivity index (χ1v) is 10.7. The Morgan fingerprint density at radius 3 is 2.88 bits per heavy atom. The first kappa shape index (κ1) is 17.5. The fourth-order valence-electron chi connectivity index (χ4n) is 3.00. The molecule has 0 saturated carbocycles. The molecule has 0 fully saturated rings. The van der Waals surface area contributed by atoms with E-state index in [2.05, 4.69) is 11.4 Å². The molecule has 0 radical (unpaired) electrons. The van der Waals surface area contributed by atoms with Gasteiger partial charge in [0, 0.05) is 5.38 Å². The average molecular weight is 384 g/mol. The molecule has 0 aliphatic heterocycles. The van der Waals surface area contributed by atoms with Crippen LogP contribution < -0.4 is 5.32 Å². The number of benzene rings is 1. The molecule has 0 saturated heterocycles. The quantitative estimate of drug-likeness (QED) is 0.848. The summed E-state index contributed by atoms with van der Waals surface area (Å²) in [7, 11) is -3.43. The van der Waals surface area contributed by atoms with Crippen LogP contribution in [0.3, 0.4) is 0 Å². The van der Waals surface area contributed by atoms with Gasteiger partial charge in [0.25, 0.3) is 5.91 Å². The molecule has 1 unspecified atom stereocenters. The number of nitrogens with one attached hydrogen (secondary N) is 1. The summed E-state index contributed by atoms with van der Waals surface area (Å²) in [4.78, 5) is 12.9. The summed E-state index contributed by atoms with van der Waals surface area (Å²) < 4.78 is 24.4. The minimum Gasteiger partial charge on any atom is -0.344 e. The number of halogens is 1. The molecule has 128 valence electrons. The predicted molar refractivity (Wildman–Crippen MR) is 96.6 cm³/mol. The van der Waals surface area contributed by atoms with Crippen LogP contribution in [0.25, 0.3) is 0 Å². The second-order valence-electron chi connectivity index (χ2n) is 5.83. The molecule has 2 aromatic rings. The van der Waals surface area contributed by atoms with Crippen LogP contribution in [-0.2, 0) is 16.3 Å². The Morgan fingerprint density at radius 1 is 1.38 bits per heavy atom. The average Bonchev–Trinajstić information content (AvgIpc) is 3.12. The SMILES string of the molecule is CCCS(=O)(=O)c1csc(C(=O)NC2CCc3ccccc32)c1Cl. The Hall–Kier alpha value is -1.37. The highest BCUT2D eigenvalue weighted by atomic mass is 35.5. The van der Waals surface area contributed by atoms with Crippen LogP contribution >= 0.6 is 22.9 Å². The molecule has 0 spiro atoms. The second-order valence-corrected chi connectivity index (χ2v) is 9.16. The number of carbonyl (C=O) groups excluding carboxylic acids is 1. The van der Waals surface area contributed by atoms with E-state index in [1.165, 1.54) is 10.9 Å². The van der Waals surface area contributed by atoms with Gasteiger partial charge in [-0.05, 0) is 30.4 Å². The highest BCUT2D eigenvalue weighted by Crippen LogP contribution is 2.35. The fourth-order valence-corrected chi connectivity index (χ4v) is 6.34. The van der Waals surface area contributed by atoms with E-state index in [-0.39, 0.29) is 32.5 Å². The minimum atomic E-state index is -3.43. The van der Waals surface area contributed by atoms with Crippen molar-refractivity contribution in [2.24, 2.45) is 0 Å². The lowest BCUT2D eigenvalue weighted by Crippen LogP contribution is -2.26. The van der Waals surface area contributed by atoms with Crippen LogP contribution in [0, 0.1) is 0 Å². The van der Waals surface area contributed by atoms with Gasteiger partial charge in [-0.2, -0.15) is 0 Å². The molecule has 1 aromatic heterocycles. The van der Waals surface area contributed by atoms with Crippen LogP contribution in [0.2, 0.25) is 5.02 Å². The van der Waals surface area contributed by atoms with Gasteiger partial charge in [-0.25, -0.2) is 8.42 Å². The minimum absolute atomic E-state index is 0.0283. The highest BCUT2D eigenvalue weighted by molar-refractivity contribution is 7.91. The van der Waals surface area contributed by atoms with Crippen LogP contribution in [0.4, 0.5) is 0 Å². The summed E-state index contributed by atoms with van der Waals surface area (Å²) in [6.45, 7) is 1.79. The van der Waals surface area contributed by atoms with E-state index in [4.69, 9.17) is 11.6 Å². The Morgan fingerprint density at radius 2 is 2.12 bits per heavy atom. The Balaban J connectivity index is 1.81. The highest BCUT2D eigenvalue weighted by Gasteiger charge is 2.28. The molecule has 7 heteroatoms. The topological polar surface area (TPSA) is 63.2 Å². The van der Waals surface area contributed by atoms with Crippen molar-refractivity contribution in [3.05, 3.63) is 50.7 Å². The molecular formula is C17H18ClNO3S2. The summed E-state index contributed by atoms with van der Waals surface area (Å²) in [5, 5.41) is 4.48. The zero-order chi connectivity index (χ0) is 17.3. The second kappa shape index (κ2) is 6.86. The number of hydrogen-bond acceptors (Lipinski definition) is 4. The third kappa shape index (κ3) is 3.23. The Labute approximate surface area is 150 Å². The van der Waals surface area contributed by atoms with Crippen LogP contribution in [-0.4, -0.2) is 20.1 Å². The van der Waals surface area contributed by atoms with E-state index in [1.54, 1.807) is 6.92 Å². The van der Waals surface area contributed by atoms with Gasteiger partial charge in [0.2, 0.25) is 0 Å². The molecule has 1 amide bonds. The van der Waals surface area contributed by atoms with Gasteiger partial charge >= 0.3 is 0 Å². The molecular weight excluding hydrogens is 366 g/mol. The number of fused-ring (bicyclic) bond motifs is 1. The van der Waals surface area contributed by atoms with Crippen molar-refractivity contribution < 1.29 is 13.2 Å². The summed E-state index contributed by atoms with van der Waals surface area (Å²) in [6, 6.07) is 7.97. The molecule has 1 N–H and O–H groups in total. The van der Waals surface area contributed by atoms with Gasteiger partial charge in [-0.1, -0.05) is 42.8 Å². The predicted octanol–water partition coefficient (Wildman–Crippen LogP) is 4.00. The number of amides is 1. The number of thiophene rings is 1. The van der Waals surface area contributed by atoms with Gasteiger partial charge in [0.1, 0.15) is 4.88 Å². The van der Waals surface area contributed by atoms with E-state index in [0.717, 1.165) is 29.7 Å². The maximum Gasteiger partial charge on any atom is 0.263 e. The van der Waals surface area contributed by atoms with Crippen molar-refractivity contribution in [1.29, 1.82) is 0 Å². The monoisotopic (exact) mass is 383 g/mol. The lowest BCUT2D eigenvalue weighted by atomic mass is 10.1. The Bertz CT molecular complexity index is 874. The molecule has 1 heterocycles. The molecule has 1 aromatic carbocycles. The van der Waals surface area contributed by atoms with Gasteiger partial charge in [0.15, 0.2) is 9.84 Å². The van der Waals surface area contributed by atoms with Crippen LogP contribution in [0.15, 0.2) is 34.5 Å². The van der Waals surface area contributed by atoms with E-state index in [9.17, 15) is 13.2 Å². The number of aryl methyl sites for hydroxylation is 1. The van der Waals surface area contributed by atoms with Crippen molar-refractivity contribution in [2.75, 3.05) is 5.75 Å². The lowest BCUT2D eigenvalue weighted by Gasteiger charge is -2.13. The summed E-state index contributed by atoms with van der Waals surface area (Å²) >= 11 is 7.27. The molecule has 24 heavy (non-hydrogen) atoms. The van der Waals surface area contributed by atoms with Crippen molar-refractivity contribution >= 4 is 38.7 Å². The molecule has 3 rings (SSSR count). The van der Waals surface area contributed by atoms with Crippen molar-refractivity contribution in [3.63, 3.8) is 0 Å². The maximum absolute atomic E-state index is 12.5. The number of carbonyl (C=O) groups is 1. The normalized spacial score (nSPS) is 16.8. The smallest absolute Gasteiger partial charge is 0.263 e. The van der Waals surface area contributed by atoms with Gasteiger partial charge in [0.05, 0.1) is 21.7 Å². The van der Waals surface area contributed by atoms with E-state index in [0.29, 0.717) is 6.42 Å². The van der Waals surface area contributed by atoms with E-state index >= 15 is 0 Å². The van der Waals surface area contributed by atoms with Gasteiger partial charge in [-0.15, -0.1) is 11.3 Å². The number of sulfone groups is 1. The lowest BCUT2D eigenvalue weighted by molar-refractivity contribution is 0.0941. The molecule has 0 bridgehead atoms. The first-order valence-electron chi connectivity index (χ1n) is 7.82. The standard InChI is InChI=1S/C17H18ClNO3S2/c1-2-9-24(21,22)14-10-23-16(15(14)18)17(20)19-13-8-7-11-5-3-4-6-12(11)13/h3-6,10,13H,2,7-9H2,1H3,(H,19,20). The summed E-state index contributed by atoms with van der Waals surface area (Å²) in [5.74, 6) is -0.287. The van der Waals surface area contributed by atoms with Crippen LogP contribution in [0.5, 0.6) is 0 Å². The fraction of sp³-hybridized carbons (Fsp3) is 0.353. The van der Waals surface area contributed by atoms with E-state index < -0.39 is 9.84 Å². The zero-order valence-electron chi connectivity index (χ0n) is 13.2. The van der Waals surface area contributed by atoms with Crippen molar-refractivity contribution in [1.82, 2.24) is 5.32 Å². The van der Waals surface area contributed by atoms with Gasteiger partial charge < -0.3 is 5.32 Å². The molecule has 1 aliphatic rings. The Kier molecular flexibility index (Phi) is 4.99. The molecule has 4 nitrogen and oxygen atoms in total. The third-order valence-electron chi connectivity index (χ3n) is 4.15. The van der Waals surface area contributed by atoms with Crippen LogP contribution in [0.1, 0.15) is 46.6 Å². The molecule has 1 aliphatic carbocycles. The third-order valence-corrected chi connectivity index (χ3v) is 7.83.